The van der Waals surface area contributed by atoms with E-state index in [9.17, 15) is 18.3 Å². The van der Waals surface area contributed by atoms with E-state index in [2.05, 4.69) is 10.3 Å². The van der Waals surface area contributed by atoms with E-state index in [0.29, 0.717) is 25.2 Å². The van der Waals surface area contributed by atoms with Gasteiger partial charge in [-0.1, -0.05) is 38.2 Å². The molecule has 3 atom stereocenters. The van der Waals surface area contributed by atoms with Crippen molar-refractivity contribution in [1.82, 2.24) is 14.6 Å². The Morgan fingerprint density at radius 2 is 2.00 bits per heavy atom. The summed E-state index contributed by atoms with van der Waals surface area (Å²) in [7, 11) is -3.78. The number of nitrogens with zero attached hydrogens (tertiary/aromatic N) is 2. The number of amides is 1. The number of nitrogens with two attached hydrogens (primary N) is 1. The minimum absolute atomic E-state index is 0.0378. The van der Waals surface area contributed by atoms with Crippen LogP contribution in [0.3, 0.4) is 0 Å². The summed E-state index contributed by atoms with van der Waals surface area (Å²) in [6, 6.07) is 3.60. The number of β-amino-alcohol motifs (C(OH)–C–C–N with tert-alkyl or cyclic N) is 1. The van der Waals surface area contributed by atoms with Crippen molar-refractivity contribution in [1.29, 1.82) is 0 Å². The van der Waals surface area contributed by atoms with Crippen molar-refractivity contribution in [2.75, 3.05) is 13.1 Å². The summed E-state index contributed by atoms with van der Waals surface area (Å²) in [5, 5.41) is 13.4. The van der Waals surface area contributed by atoms with Crippen LogP contribution in [0.4, 0.5) is 0 Å². The Kier molecular flexibility index (Phi) is 7.61. The molecular weight excluding hydrogens is 392 g/mol. The molecule has 2 heterocycles. The van der Waals surface area contributed by atoms with Crippen LogP contribution in [0, 0.1) is 5.92 Å². The number of nitrogens with one attached hydrogen (secondary N) is 1. The molecule has 3 rings (SSSR count). The van der Waals surface area contributed by atoms with Crippen LogP contribution in [-0.4, -0.2) is 60.0 Å². The van der Waals surface area contributed by atoms with Crippen LogP contribution in [0.1, 0.15) is 51.4 Å². The molecular formula is C20H32N4O4S. The van der Waals surface area contributed by atoms with E-state index in [1.807, 2.05) is 0 Å². The number of sulfonamides is 1. The van der Waals surface area contributed by atoms with Crippen molar-refractivity contribution in [2.24, 2.45) is 11.7 Å². The number of aromatic nitrogens is 1. The molecule has 0 aromatic carbocycles. The third-order valence-electron chi connectivity index (χ3n) is 6.00. The molecule has 9 heteroatoms. The lowest BCUT2D eigenvalue weighted by molar-refractivity contribution is -0.124. The average molecular weight is 425 g/mol. The molecule has 0 spiro atoms. The maximum Gasteiger partial charge on any atom is 0.260 e. The van der Waals surface area contributed by atoms with Crippen LogP contribution in [0.5, 0.6) is 0 Å². The number of aliphatic hydroxyl groups is 1. The fourth-order valence-corrected chi connectivity index (χ4v) is 5.73. The Morgan fingerprint density at radius 3 is 2.69 bits per heavy atom. The van der Waals surface area contributed by atoms with E-state index in [1.54, 1.807) is 12.1 Å². The van der Waals surface area contributed by atoms with Crippen LogP contribution in [0.15, 0.2) is 29.4 Å². The molecule has 1 aliphatic heterocycles. The van der Waals surface area contributed by atoms with Crippen LogP contribution >= 0.6 is 0 Å². The van der Waals surface area contributed by atoms with Gasteiger partial charge in [0.05, 0.1) is 18.2 Å². The Morgan fingerprint density at radius 1 is 1.24 bits per heavy atom. The van der Waals surface area contributed by atoms with E-state index < -0.39 is 28.2 Å². The van der Waals surface area contributed by atoms with E-state index in [-0.39, 0.29) is 24.0 Å². The molecule has 4 N–H and O–H groups in total. The number of hydrogen-bond acceptors (Lipinski definition) is 6. The van der Waals surface area contributed by atoms with Gasteiger partial charge in [-0.15, -0.1) is 0 Å². The standard InChI is InChI=1S/C20H32N4O4S/c21-16(13-15-7-2-1-3-8-15)20(26)23-17-9-6-12-24(14-18(17)25)29(27,28)19-10-4-5-11-22-19/h4-5,10-11,15-18,25H,1-3,6-9,12-14,21H2,(H,23,26)/t16?,17?,18-/m0/s1. The molecule has 1 saturated carbocycles. The topological polar surface area (TPSA) is 126 Å². The molecule has 0 radical (unpaired) electrons. The number of aliphatic hydroxyl groups excluding tert-OH is 1. The van der Waals surface area contributed by atoms with E-state index in [0.717, 1.165) is 12.8 Å². The number of carbonyl (C=O) groups is 1. The summed E-state index contributed by atoms with van der Waals surface area (Å²) in [4.78, 5) is 16.5. The molecule has 0 bridgehead atoms. The van der Waals surface area contributed by atoms with Crippen LogP contribution in [0.25, 0.3) is 0 Å². The molecule has 1 saturated heterocycles. The summed E-state index contributed by atoms with van der Waals surface area (Å²) in [6.07, 6.45) is 8.00. The Bertz CT molecular complexity index is 768. The van der Waals surface area contributed by atoms with Crippen molar-refractivity contribution < 1.29 is 18.3 Å². The van der Waals surface area contributed by atoms with Crippen LogP contribution in [0.2, 0.25) is 0 Å². The van der Waals surface area contributed by atoms with Crippen LogP contribution in [-0.2, 0) is 14.8 Å². The van der Waals surface area contributed by atoms with Gasteiger partial charge in [-0.2, -0.15) is 4.31 Å². The second-order valence-corrected chi connectivity index (χ2v) is 10.1. The monoisotopic (exact) mass is 424 g/mol. The van der Waals surface area contributed by atoms with Crippen molar-refractivity contribution >= 4 is 15.9 Å². The lowest BCUT2D eigenvalue weighted by Gasteiger charge is -2.27. The zero-order chi connectivity index (χ0) is 20.9. The fraction of sp³-hybridized carbons (Fsp3) is 0.700. The summed E-state index contributed by atoms with van der Waals surface area (Å²) in [5.41, 5.74) is 6.11. The molecule has 2 fully saturated rings. The van der Waals surface area contributed by atoms with Gasteiger partial charge in [0.25, 0.3) is 10.0 Å². The van der Waals surface area contributed by atoms with Crippen molar-refractivity contribution in [3.05, 3.63) is 24.4 Å². The molecule has 2 unspecified atom stereocenters. The highest BCUT2D eigenvalue weighted by atomic mass is 32.2. The van der Waals surface area contributed by atoms with Gasteiger partial charge in [-0.3, -0.25) is 4.79 Å². The smallest absolute Gasteiger partial charge is 0.260 e. The van der Waals surface area contributed by atoms with Gasteiger partial charge >= 0.3 is 0 Å². The van der Waals surface area contributed by atoms with Gasteiger partial charge in [0, 0.05) is 19.3 Å². The SMILES string of the molecule is NC(CC1CCCCC1)C(=O)NC1CCCN(S(=O)(=O)c2ccccn2)C[C@@H]1O. The average Bonchev–Trinajstić information content (AvgIpc) is 2.91. The minimum atomic E-state index is -3.78. The van der Waals surface area contributed by atoms with Gasteiger partial charge in [0.2, 0.25) is 5.91 Å². The Hall–Kier alpha value is -1.55. The second-order valence-electron chi connectivity index (χ2n) is 8.20. The highest BCUT2D eigenvalue weighted by molar-refractivity contribution is 7.89. The molecule has 1 amide bonds. The molecule has 29 heavy (non-hydrogen) atoms. The molecule has 8 nitrogen and oxygen atoms in total. The first-order chi connectivity index (χ1) is 13.9. The maximum atomic E-state index is 12.8. The first-order valence-corrected chi connectivity index (χ1v) is 12.0. The fourth-order valence-electron chi connectivity index (χ4n) is 4.30. The molecule has 1 aromatic heterocycles. The lowest BCUT2D eigenvalue weighted by atomic mass is 9.85. The highest BCUT2D eigenvalue weighted by Gasteiger charge is 2.34. The zero-order valence-corrected chi connectivity index (χ0v) is 17.6. The summed E-state index contributed by atoms with van der Waals surface area (Å²) in [5.74, 6) is 0.225. The van der Waals surface area contributed by atoms with Gasteiger partial charge < -0.3 is 16.2 Å². The van der Waals surface area contributed by atoms with Gasteiger partial charge in [0.15, 0.2) is 5.03 Å². The van der Waals surface area contributed by atoms with Gasteiger partial charge in [-0.05, 0) is 37.3 Å². The summed E-state index contributed by atoms with van der Waals surface area (Å²) < 4.78 is 26.8. The number of hydrogen-bond donors (Lipinski definition) is 3. The molecule has 162 valence electrons. The number of carbonyl (C=O) groups excluding carboxylic acids is 1. The molecule has 1 aliphatic carbocycles. The quantitative estimate of drug-likeness (QED) is 0.626. The zero-order valence-electron chi connectivity index (χ0n) is 16.7. The first-order valence-electron chi connectivity index (χ1n) is 10.5. The van der Waals surface area contributed by atoms with Crippen molar-refractivity contribution in [2.45, 2.75) is 74.6 Å². The van der Waals surface area contributed by atoms with E-state index in [4.69, 9.17) is 5.73 Å². The molecule has 1 aromatic rings. The van der Waals surface area contributed by atoms with Crippen molar-refractivity contribution in [3.63, 3.8) is 0 Å². The third kappa shape index (κ3) is 5.75. The predicted molar refractivity (Wildman–Crippen MR) is 109 cm³/mol. The highest BCUT2D eigenvalue weighted by Crippen LogP contribution is 2.27. The second kappa shape index (κ2) is 9.97. The van der Waals surface area contributed by atoms with E-state index >= 15 is 0 Å². The number of rotatable bonds is 6. The summed E-state index contributed by atoms with van der Waals surface area (Å²) in [6.45, 7) is 0.193. The predicted octanol–water partition coefficient (Wildman–Crippen LogP) is 1.01. The third-order valence-corrected chi connectivity index (χ3v) is 7.78. The minimum Gasteiger partial charge on any atom is -0.390 e. The Labute approximate surface area is 172 Å². The van der Waals surface area contributed by atoms with Crippen molar-refractivity contribution in [3.8, 4) is 0 Å². The molecule has 2 aliphatic rings. The largest absolute Gasteiger partial charge is 0.390 e. The normalized spacial score (nSPS) is 25.9. The van der Waals surface area contributed by atoms with Crippen LogP contribution < -0.4 is 11.1 Å². The van der Waals surface area contributed by atoms with Gasteiger partial charge in [0.1, 0.15) is 0 Å². The first kappa shape index (κ1) is 22.1. The Balaban J connectivity index is 1.57. The van der Waals surface area contributed by atoms with E-state index in [1.165, 1.54) is 35.8 Å². The lowest BCUT2D eigenvalue weighted by Crippen LogP contribution is -2.52. The maximum absolute atomic E-state index is 12.8. The van der Waals surface area contributed by atoms with Gasteiger partial charge in [-0.25, -0.2) is 13.4 Å². The number of pyridine rings is 1. The summed E-state index contributed by atoms with van der Waals surface area (Å²) >= 11 is 0.